The fraction of sp³-hybridized carbons (Fsp3) is 0.512. The summed E-state index contributed by atoms with van der Waals surface area (Å²) in [6.07, 6.45) is -2.96. The highest BCUT2D eigenvalue weighted by molar-refractivity contribution is 6.36. The molecule has 14 nitrogen and oxygen atoms in total. The number of pyridine rings is 1. The first kappa shape index (κ1) is 47.2. The Hall–Kier alpha value is -5.28. The maximum atomic E-state index is 16.9. The third-order valence-electron chi connectivity index (χ3n) is 11.4. The summed E-state index contributed by atoms with van der Waals surface area (Å²) < 4.78 is 92.6. The second-order valence-electron chi connectivity index (χ2n) is 16.7. The summed E-state index contributed by atoms with van der Waals surface area (Å²) >= 11 is 6.65. The molecule has 2 aromatic carbocycles. The van der Waals surface area contributed by atoms with Crippen molar-refractivity contribution in [3.8, 4) is 17.3 Å². The van der Waals surface area contributed by atoms with Crippen LogP contribution in [0.1, 0.15) is 59.3 Å². The van der Waals surface area contributed by atoms with E-state index in [-0.39, 0.29) is 40.9 Å². The zero-order valence-corrected chi connectivity index (χ0v) is 35.0. The summed E-state index contributed by atoms with van der Waals surface area (Å²) in [7, 11) is 0. The molecule has 0 spiro atoms. The number of aromatic nitrogens is 3. The Morgan fingerprint density at radius 1 is 0.921 bits per heavy atom. The third-order valence-corrected chi connectivity index (χ3v) is 11.7. The second-order valence-corrected chi connectivity index (χ2v) is 17.1. The van der Waals surface area contributed by atoms with Crippen LogP contribution < -0.4 is 15.4 Å². The monoisotopic (exact) mass is 915 g/mol. The molecule has 4 aromatic rings. The zero-order valence-electron chi connectivity index (χ0n) is 34.3. The highest BCUT2D eigenvalue weighted by Gasteiger charge is 2.50. The molecule has 4 aliphatic heterocycles. The number of halogens is 8. The van der Waals surface area contributed by atoms with Crippen LogP contribution >= 0.6 is 11.6 Å². The van der Waals surface area contributed by atoms with E-state index in [1.165, 1.54) is 0 Å². The van der Waals surface area contributed by atoms with Gasteiger partial charge in [0.25, 0.3) is 0 Å². The van der Waals surface area contributed by atoms with Crippen molar-refractivity contribution in [2.24, 2.45) is 5.73 Å². The topological polar surface area (TPSA) is 185 Å². The number of benzene rings is 2. The van der Waals surface area contributed by atoms with E-state index in [0.717, 1.165) is 55.8 Å². The van der Waals surface area contributed by atoms with Gasteiger partial charge in [-0.2, -0.15) is 36.3 Å². The Morgan fingerprint density at radius 2 is 1.52 bits per heavy atom. The number of ether oxygens (including phenoxy) is 2. The molecule has 1 amide bonds. The van der Waals surface area contributed by atoms with Crippen LogP contribution in [0.3, 0.4) is 0 Å². The highest BCUT2D eigenvalue weighted by atomic mass is 35.5. The number of rotatable bonds is 6. The highest BCUT2D eigenvalue weighted by Crippen LogP contribution is 2.43. The van der Waals surface area contributed by atoms with Crippen LogP contribution in [0.4, 0.5) is 41.3 Å². The molecule has 4 fully saturated rings. The molecule has 2 unspecified atom stereocenters. The number of fused-ring (bicyclic) bond motifs is 5. The smallest absolute Gasteiger partial charge is 0.475 e. The number of hydrogen-bond donors (Lipinski definition) is 3. The van der Waals surface area contributed by atoms with Crippen molar-refractivity contribution in [2.75, 3.05) is 37.7 Å². The normalized spacial score (nSPS) is 22.3. The lowest BCUT2D eigenvalue weighted by Crippen LogP contribution is -2.57. The van der Waals surface area contributed by atoms with Gasteiger partial charge in [0.1, 0.15) is 29.2 Å². The lowest BCUT2D eigenvalue weighted by atomic mass is 9.95. The van der Waals surface area contributed by atoms with E-state index in [4.69, 9.17) is 56.6 Å². The summed E-state index contributed by atoms with van der Waals surface area (Å²) in [6.45, 7) is 8.72. The molecule has 342 valence electrons. The van der Waals surface area contributed by atoms with Gasteiger partial charge in [0.2, 0.25) is 0 Å². The van der Waals surface area contributed by atoms with Crippen molar-refractivity contribution >= 4 is 57.1 Å². The first-order chi connectivity index (χ1) is 29.4. The van der Waals surface area contributed by atoms with Gasteiger partial charge in [-0.1, -0.05) is 41.9 Å². The molecular weight excluding hydrogens is 871 g/mol. The van der Waals surface area contributed by atoms with E-state index >= 15 is 4.39 Å². The molecule has 4 atom stereocenters. The molecule has 0 aliphatic carbocycles. The fourth-order valence-corrected chi connectivity index (χ4v) is 9.04. The van der Waals surface area contributed by atoms with Gasteiger partial charge < -0.3 is 30.3 Å². The molecule has 0 saturated carbocycles. The van der Waals surface area contributed by atoms with E-state index < -0.39 is 35.7 Å². The number of anilines is 1. The Bertz CT molecular complexity index is 2320. The van der Waals surface area contributed by atoms with Gasteiger partial charge in [0.05, 0.1) is 23.0 Å². The summed E-state index contributed by atoms with van der Waals surface area (Å²) in [5.41, 5.74) is 6.32. The maximum Gasteiger partial charge on any atom is 0.490 e. The number of hydrogen-bond acceptors (Lipinski definition) is 11. The van der Waals surface area contributed by atoms with Crippen molar-refractivity contribution in [1.29, 1.82) is 0 Å². The predicted molar refractivity (Wildman–Crippen MR) is 216 cm³/mol. The number of amides is 1. The van der Waals surface area contributed by atoms with Crippen LogP contribution in [0.25, 0.3) is 32.9 Å². The molecule has 4 N–H and O–H groups in total. The number of aliphatic carboxylic acids is 2. The van der Waals surface area contributed by atoms with Gasteiger partial charge in [-0.15, -0.1) is 0 Å². The van der Waals surface area contributed by atoms with Crippen LogP contribution in [0.2, 0.25) is 5.02 Å². The van der Waals surface area contributed by atoms with Gasteiger partial charge in [-0.05, 0) is 77.3 Å². The number of carboxylic acid groups (broad SMARTS) is 2. The van der Waals surface area contributed by atoms with E-state index in [1.54, 1.807) is 12.3 Å². The zero-order chi connectivity index (χ0) is 46.2. The van der Waals surface area contributed by atoms with Crippen molar-refractivity contribution in [1.82, 2.24) is 24.8 Å². The summed E-state index contributed by atoms with van der Waals surface area (Å²) in [5, 5.41) is 16.9. The minimum atomic E-state index is -5.08. The molecule has 63 heavy (non-hydrogen) atoms. The molecule has 8 rings (SSSR count). The van der Waals surface area contributed by atoms with Crippen molar-refractivity contribution in [2.45, 2.75) is 101 Å². The molecule has 22 heteroatoms. The van der Waals surface area contributed by atoms with E-state index in [2.05, 4.69) is 14.8 Å². The molecule has 6 heterocycles. The van der Waals surface area contributed by atoms with E-state index in [9.17, 15) is 31.1 Å². The molecule has 0 radical (unpaired) electrons. The first-order valence-electron chi connectivity index (χ1n) is 19.9. The molecule has 4 saturated heterocycles. The Kier molecular flexibility index (Phi) is 13.5. The van der Waals surface area contributed by atoms with Crippen LogP contribution in [0.5, 0.6) is 6.01 Å². The van der Waals surface area contributed by atoms with E-state index in [0.29, 0.717) is 54.1 Å². The standard InChI is InChI=1S/C37H43ClFN7O3.2C2HF3O2/c1-36(2,3)49-35(47)46-24-11-12-25(46)20-44(19-24)33-27-18-41-31(26-9-4-7-22-8-5-10-28(38)29(22)26)30(39)32(27)42-34(43-33)48-21-37-14-6-16-45(37)23(17-40)13-15-37;2*3-2(4,5)1(6)7/h4-5,7-10,18,23-25H,6,11-17,19-21,40H2,1-3H3;2*(H,6,7)/t23?,24-,25+,37?;;. The van der Waals surface area contributed by atoms with Crippen LogP contribution in [0, 0.1) is 5.82 Å². The fourth-order valence-electron chi connectivity index (χ4n) is 8.76. The molecule has 2 bridgehead atoms. The second kappa shape index (κ2) is 18.1. The number of carbonyl (C=O) groups excluding carboxylic acids is 1. The molecular formula is C41H45ClF7N7O7. The Labute approximate surface area is 361 Å². The third kappa shape index (κ3) is 10.3. The van der Waals surface area contributed by atoms with E-state index in [1.807, 2.05) is 56.0 Å². The first-order valence-corrected chi connectivity index (χ1v) is 20.3. The number of carboxylic acids is 2. The summed E-state index contributed by atoms with van der Waals surface area (Å²) in [4.78, 5) is 51.9. The minimum Gasteiger partial charge on any atom is -0.475 e. The van der Waals surface area contributed by atoms with Gasteiger partial charge in [-0.3, -0.25) is 14.8 Å². The van der Waals surface area contributed by atoms with Crippen LogP contribution in [-0.2, 0) is 14.3 Å². The largest absolute Gasteiger partial charge is 0.490 e. The lowest BCUT2D eigenvalue weighted by Gasteiger charge is -2.42. The van der Waals surface area contributed by atoms with Gasteiger partial charge in [0.15, 0.2) is 5.82 Å². The summed E-state index contributed by atoms with van der Waals surface area (Å²) in [5.74, 6) is -5.51. The Morgan fingerprint density at radius 3 is 2.10 bits per heavy atom. The number of piperazine rings is 1. The quantitative estimate of drug-likeness (QED) is 0.159. The minimum absolute atomic E-state index is 0.0597. The number of alkyl halides is 6. The molecule has 4 aliphatic rings. The summed E-state index contributed by atoms with van der Waals surface area (Å²) in [6, 6.07) is 11.6. The van der Waals surface area contributed by atoms with Gasteiger partial charge in [-0.25, -0.2) is 18.8 Å². The average Bonchev–Trinajstić information content (AvgIpc) is 3.85. The number of nitrogens with zero attached hydrogens (tertiary/aromatic N) is 6. The van der Waals surface area contributed by atoms with Crippen LogP contribution in [0.15, 0.2) is 42.6 Å². The molecule has 2 aromatic heterocycles. The Balaban J connectivity index is 0.000000409. The van der Waals surface area contributed by atoms with Gasteiger partial charge in [0, 0.05) is 47.8 Å². The van der Waals surface area contributed by atoms with Crippen molar-refractivity contribution in [3.05, 3.63) is 53.4 Å². The number of nitrogens with two attached hydrogens (primary N) is 1. The average molecular weight is 916 g/mol. The van der Waals surface area contributed by atoms with Gasteiger partial charge >= 0.3 is 36.4 Å². The van der Waals surface area contributed by atoms with Crippen molar-refractivity contribution < 1.29 is 64.8 Å². The predicted octanol–water partition coefficient (Wildman–Crippen LogP) is 7.83. The van der Waals surface area contributed by atoms with Crippen molar-refractivity contribution in [3.63, 3.8) is 0 Å². The maximum absolute atomic E-state index is 16.9. The number of carbonyl (C=O) groups is 3. The SMILES string of the molecule is CC(C)(C)OC(=O)N1[C@@H]2CC[C@H]1CN(c1nc(OCC34CCCN3C(CN)CC4)nc3c(F)c(-c4cccc5cccc(Cl)c45)ncc13)C2.O=C(O)C(F)(F)F.O=C(O)C(F)(F)F. The lowest BCUT2D eigenvalue weighted by molar-refractivity contribution is -0.193. The van der Waals surface area contributed by atoms with Crippen LogP contribution in [-0.4, -0.2) is 127 Å².